The molecule has 58 heavy (non-hydrogen) atoms. The fraction of sp³-hybridized carbons (Fsp3) is 0.833. The normalized spacial score (nSPS) is 13.6. The maximum Gasteiger partial charge on any atom is 0.329 e. The summed E-state index contributed by atoms with van der Waals surface area (Å²) in [5, 5.41) is 10.8. The van der Waals surface area contributed by atoms with Gasteiger partial charge >= 0.3 is 29.9 Å². The standard InChI is InChI=1S/C42H77N5O11/c1-39(2,3)55-34(50)26-25-31(37(53)58-42(10,11)12)47-38(54)46-30(36(52)57-41(7,8)9)22-18-20-28-44-32(48)23-15-13-14-16-24-33(49)45-29(21-17-19-27-43)35(51)56-40(4,5)6/h29-31H,13-28,43H2,1-12H3,(H,44,48)(H,45,49)(H2,46,47,54)/t29-,30+,31+/m1/s1. The van der Waals surface area contributed by atoms with E-state index in [2.05, 4.69) is 21.3 Å². The summed E-state index contributed by atoms with van der Waals surface area (Å²) in [6, 6.07) is -3.77. The van der Waals surface area contributed by atoms with Crippen molar-refractivity contribution in [2.45, 2.75) is 214 Å². The Labute approximate surface area is 347 Å². The number of ether oxygens (including phenoxy) is 4. The molecule has 0 heterocycles. The zero-order chi connectivity index (χ0) is 44.7. The van der Waals surface area contributed by atoms with Gasteiger partial charge in [-0.05, 0) is 147 Å². The van der Waals surface area contributed by atoms with Crippen LogP contribution in [0.1, 0.15) is 173 Å². The molecule has 3 atom stereocenters. The Morgan fingerprint density at radius 2 is 0.845 bits per heavy atom. The lowest BCUT2D eigenvalue weighted by atomic mass is 10.1. The number of rotatable bonds is 25. The lowest BCUT2D eigenvalue weighted by Crippen LogP contribution is -2.53. The molecule has 0 aromatic rings. The topological polar surface area (TPSA) is 231 Å². The molecule has 4 amide bonds. The molecule has 16 heteroatoms. The molecule has 0 aliphatic rings. The van der Waals surface area contributed by atoms with Crippen molar-refractivity contribution in [3.8, 4) is 0 Å². The summed E-state index contributed by atoms with van der Waals surface area (Å²) in [5.41, 5.74) is 2.52. The van der Waals surface area contributed by atoms with Crippen molar-refractivity contribution < 1.29 is 52.5 Å². The van der Waals surface area contributed by atoms with Gasteiger partial charge in [0, 0.05) is 25.8 Å². The summed E-state index contributed by atoms with van der Waals surface area (Å²) in [6.07, 6.45) is 6.22. The molecule has 0 aromatic heterocycles. The van der Waals surface area contributed by atoms with Crippen molar-refractivity contribution in [2.24, 2.45) is 5.73 Å². The number of unbranched alkanes of at least 4 members (excludes halogenated alkanes) is 5. The molecule has 0 rings (SSSR count). The van der Waals surface area contributed by atoms with E-state index in [1.807, 2.05) is 0 Å². The molecule has 0 aromatic carbocycles. The zero-order valence-corrected chi connectivity index (χ0v) is 37.6. The van der Waals surface area contributed by atoms with Gasteiger partial charge in [0.05, 0.1) is 0 Å². The molecule has 0 saturated carbocycles. The first-order valence-electron chi connectivity index (χ1n) is 20.8. The first kappa shape index (κ1) is 54.0. The fourth-order valence-electron chi connectivity index (χ4n) is 5.35. The second kappa shape index (κ2) is 26.2. The Morgan fingerprint density at radius 1 is 0.448 bits per heavy atom. The van der Waals surface area contributed by atoms with E-state index in [1.54, 1.807) is 83.1 Å². The van der Waals surface area contributed by atoms with Crippen molar-refractivity contribution in [2.75, 3.05) is 13.1 Å². The lowest BCUT2D eigenvalue weighted by Gasteiger charge is -2.27. The summed E-state index contributed by atoms with van der Waals surface area (Å²) in [6.45, 7) is 21.6. The van der Waals surface area contributed by atoms with Gasteiger partial charge < -0.3 is 45.9 Å². The molecule has 0 spiro atoms. The highest BCUT2D eigenvalue weighted by molar-refractivity contribution is 5.88. The number of esters is 4. The maximum absolute atomic E-state index is 13.2. The van der Waals surface area contributed by atoms with Crippen molar-refractivity contribution in [1.82, 2.24) is 21.3 Å². The Kier molecular flexibility index (Phi) is 24.4. The molecule has 0 aliphatic carbocycles. The van der Waals surface area contributed by atoms with Crippen LogP contribution < -0.4 is 27.0 Å². The van der Waals surface area contributed by atoms with Crippen LogP contribution in [0.5, 0.6) is 0 Å². The fourth-order valence-corrected chi connectivity index (χ4v) is 5.35. The minimum Gasteiger partial charge on any atom is -0.460 e. The minimum absolute atomic E-state index is 0.0841. The van der Waals surface area contributed by atoms with E-state index in [0.717, 1.165) is 19.3 Å². The number of urea groups is 1. The van der Waals surface area contributed by atoms with E-state index in [4.69, 9.17) is 24.7 Å². The molecule has 0 fully saturated rings. The average Bonchev–Trinajstić information content (AvgIpc) is 3.03. The first-order valence-corrected chi connectivity index (χ1v) is 20.8. The van der Waals surface area contributed by atoms with Gasteiger partial charge in [0.25, 0.3) is 0 Å². The van der Waals surface area contributed by atoms with Gasteiger partial charge in [-0.3, -0.25) is 14.4 Å². The second-order valence-electron chi connectivity index (χ2n) is 18.6. The first-order chi connectivity index (χ1) is 26.6. The summed E-state index contributed by atoms with van der Waals surface area (Å²) >= 11 is 0. The van der Waals surface area contributed by atoms with Gasteiger partial charge in [-0.15, -0.1) is 0 Å². The van der Waals surface area contributed by atoms with Gasteiger partial charge in [-0.1, -0.05) is 12.8 Å². The van der Waals surface area contributed by atoms with E-state index in [0.29, 0.717) is 58.0 Å². The molecule has 16 nitrogen and oxygen atoms in total. The Hall–Kier alpha value is -3.95. The lowest BCUT2D eigenvalue weighted by molar-refractivity contribution is -0.160. The Bertz CT molecular complexity index is 1310. The second-order valence-corrected chi connectivity index (χ2v) is 18.6. The molecule has 0 radical (unpaired) electrons. The number of amides is 4. The molecule has 6 N–H and O–H groups in total. The molecule has 0 unspecified atom stereocenters. The highest BCUT2D eigenvalue weighted by Crippen LogP contribution is 2.16. The van der Waals surface area contributed by atoms with Crippen molar-refractivity contribution in [3.63, 3.8) is 0 Å². The monoisotopic (exact) mass is 828 g/mol. The van der Waals surface area contributed by atoms with E-state index in [-0.39, 0.29) is 37.5 Å². The maximum atomic E-state index is 13.2. The number of carbonyl (C=O) groups is 7. The molecular formula is C42H77N5O11. The third-order valence-corrected chi connectivity index (χ3v) is 7.82. The van der Waals surface area contributed by atoms with E-state index in [1.165, 1.54) is 0 Å². The molecule has 0 saturated heterocycles. The summed E-state index contributed by atoms with van der Waals surface area (Å²) in [4.78, 5) is 89.2. The van der Waals surface area contributed by atoms with E-state index < -0.39 is 70.4 Å². The van der Waals surface area contributed by atoms with Crippen LogP contribution in [-0.2, 0) is 47.7 Å². The smallest absolute Gasteiger partial charge is 0.329 e. The largest absolute Gasteiger partial charge is 0.460 e. The number of nitrogens with two attached hydrogens (primary N) is 1. The molecule has 0 bridgehead atoms. The van der Waals surface area contributed by atoms with Crippen LogP contribution >= 0.6 is 0 Å². The summed E-state index contributed by atoms with van der Waals surface area (Å²) in [7, 11) is 0. The number of hydrogen-bond acceptors (Lipinski definition) is 12. The number of carbonyl (C=O) groups excluding carboxylic acids is 7. The number of hydrogen-bond donors (Lipinski definition) is 5. The predicted octanol–water partition coefficient (Wildman–Crippen LogP) is 5.41. The Balaban J connectivity index is 4.94. The summed E-state index contributed by atoms with van der Waals surface area (Å²) < 4.78 is 21.8. The average molecular weight is 828 g/mol. The SMILES string of the molecule is CC(C)(C)OC(=O)CC[C@H](NC(=O)N[C@@H](CCCCNC(=O)CCCCCCC(=O)N[C@H](CCCCN)C(=O)OC(C)(C)C)C(=O)OC(C)(C)C)C(=O)OC(C)(C)C. The van der Waals surface area contributed by atoms with Crippen LogP contribution in [0.4, 0.5) is 4.79 Å². The van der Waals surface area contributed by atoms with E-state index >= 15 is 0 Å². The van der Waals surface area contributed by atoms with Crippen LogP contribution in [-0.4, -0.2) is 95.3 Å². The van der Waals surface area contributed by atoms with Gasteiger partial charge in [-0.25, -0.2) is 19.2 Å². The Morgan fingerprint density at radius 3 is 1.28 bits per heavy atom. The van der Waals surface area contributed by atoms with Gasteiger partial charge in [0.1, 0.15) is 40.5 Å². The van der Waals surface area contributed by atoms with Gasteiger partial charge in [0.15, 0.2) is 0 Å². The number of nitrogens with one attached hydrogen (secondary N) is 4. The quantitative estimate of drug-likeness (QED) is 0.0442. The zero-order valence-electron chi connectivity index (χ0n) is 37.6. The van der Waals surface area contributed by atoms with Gasteiger partial charge in [-0.2, -0.15) is 0 Å². The van der Waals surface area contributed by atoms with Crippen LogP contribution in [0.25, 0.3) is 0 Å². The van der Waals surface area contributed by atoms with Crippen LogP contribution in [0.15, 0.2) is 0 Å². The highest BCUT2D eigenvalue weighted by Gasteiger charge is 2.31. The molecule has 336 valence electrons. The van der Waals surface area contributed by atoms with Crippen molar-refractivity contribution in [3.05, 3.63) is 0 Å². The third kappa shape index (κ3) is 30.2. The predicted molar refractivity (Wildman–Crippen MR) is 221 cm³/mol. The van der Waals surface area contributed by atoms with Crippen molar-refractivity contribution in [1.29, 1.82) is 0 Å². The van der Waals surface area contributed by atoms with E-state index in [9.17, 15) is 33.6 Å². The molecular weight excluding hydrogens is 750 g/mol. The summed E-state index contributed by atoms with van der Waals surface area (Å²) in [5.74, 6) is -2.72. The molecule has 0 aliphatic heterocycles. The van der Waals surface area contributed by atoms with Crippen molar-refractivity contribution >= 4 is 41.7 Å². The van der Waals surface area contributed by atoms with Gasteiger partial charge in [0.2, 0.25) is 11.8 Å². The highest BCUT2D eigenvalue weighted by atomic mass is 16.6. The van der Waals surface area contributed by atoms with Crippen LogP contribution in [0, 0.1) is 0 Å². The van der Waals surface area contributed by atoms with Crippen LogP contribution in [0.2, 0.25) is 0 Å². The van der Waals surface area contributed by atoms with Crippen LogP contribution in [0.3, 0.4) is 0 Å². The minimum atomic E-state index is -1.19. The third-order valence-electron chi connectivity index (χ3n) is 7.82.